The molecule has 0 radical (unpaired) electrons. The molecule has 2 nitrogen and oxygen atoms in total. The van der Waals surface area contributed by atoms with E-state index < -0.39 is 0 Å². The summed E-state index contributed by atoms with van der Waals surface area (Å²) >= 11 is 0. The van der Waals surface area contributed by atoms with Crippen LogP contribution in [0, 0.1) is 12.8 Å². The SMILES string of the molecule is Cc1ccc(C2Nc3ccc(C(C)(C)C)cc3C3OCCCC23)cc1. The van der Waals surface area contributed by atoms with Gasteiger partial charge in [-0.05, 0) is 42.4 Å². The first kappa shape index (κ1) is 16.7. The molecule has 2 aliphatic rings. The molecule has 1 saturated heterocycles. The van der Waals surface area contributed by atoms with E-state index in [4.69, 9.17) is 4.74 Å². The van der Waals surface area contributed by atoms with Crippen LogP contribution in [0.5, 0.6) is 0 Å². The normalized spacial score (nSPS) is 25.7. The molecule has 2 aromatic rings. The van der Waals surface area contributed by atoms with Gasteiger partial charge in [-0.15, -0.1) is 0 Å². The van der Waals surface area contributed by atoms with Crippen molar-refractivity contribution in [2.45, 2.75) is 58.1 Å². The number of benzene rings is 2. The van der Waals surface area contributed by atoms with Crippen molar-refractivity contribution in [1.29, 1.82) is 0 Å². The van der Waals surface area contributed by atoms with Gasteiger partial charge in [0.25, 0.3) is 0 Å². The molecule has 0 aromatic heterocycles. The Hall–Kier alpha value is -1.80. The summed E-state index contributed by atoms with van der Waals surface area (Å²) in [7, 11) is 0. The molecule has 2 aromatic carbocycles. The zero-order chi connectivity index (χ0) is 17.6. The maximum atomic E-state index is 6.31. The lowest BCUT2D eigenvalue weighted by Crippen LogP contribution is -2.36. The van der Waals surface area contributed by atoms with Crippen LogP contribution in [0.2, 0.25) is 0 Å². The highest BCUT2D eigenvalue weighted by Crippen LogP contribution is 2.49. The van der Waals surface area contributed by atoms with Crippen molar-refractivity contribution in [3.05, 3.63) is 64.7 Å². The van der Waals surface area contributed by atoms with Crippen LogP contribution in [0.15, 0.2) is 42.5 Å². The summed E-state index contributed by atoms with van der Waals surface area (Å²) in [6.45, 7) is 9.85. The molecule has 0 saturated carbocycles. The Morgan fingerprint density at radius 1 is 1.04 bits per heavy atom. The van der Waals surface area contributed by atoms with Gasteiger partial charge >= 0.3 is 0 Å². The Labute approximate surface area is 151 Å². The van der Waals surface area contributed by atoms with Crippen LogP contribution in [0.1, 0.15) is 68.0 Å². The molecule has 0 amide bonds. The Morgan fingerprint density at radius 3 is 2.52 bits per heavy atom. The number of aryl methyl sites for hydroxylation is 1. The summed E-state index contributed by atoms with van der Waals surface area (Å²) in [6.07, 6.45) is 2.58. The number of anilines is 1. The van der Waals surface area contributed by atoms with Gasteiger partial charge in [-0.25, -0.2) is 0 Å². The minimum absolute atomic E-state index is 0.160. The van der Waals surface area contributed by atoms with Gasteiger partial charge in [0.05, 0.1) is 12.1 Å². The van der Waals surface area contributed by atoms with E-state index in [1.54, 1.807) is 0 Å². The minimum Gasteiger partial charge on any atom is -0.378 e. The molecule has 2 aliphatic heterocycles. The van der Waals surface area contributed by atoms with Crippen molar-refractivity contribution in [2.24, 2.45) is 5.92 Å². The molecule has 2 heteroatoms. The molecular weight excluding hydrogens is 306 g/mol. The fourth-order valence-corrected chi connectivity index (χ4v) is 4.24. The molecule has 1 fully saturated rings. The second kappa shape index (κ2) is 6.17. The number of nitrogens with one attached hydrogen (secondary N) is 1. The van der Waals surface area contributed by atoms with Gasteiger partial charge in [0.1, 0.15) is 0 Å². The molecule has 132 valence electrons. The van der Waals surface area contributed by atoms with E-state index in [-0.39, 0.29) is 11.5 Å². The third kappa shape index (κ3) is 3.08. The lowest BCUT2D eigenvalue weighted by Gasteiger charge is -2.44. The first-order chi connectivity index (χ1) is 11.9. The van der Waals surface area contributed by atoms with Gasteiger partial charge in [-0.2, -0.15) is 0 Å². The van der Waals surface area contributed by atoms with Crippen LogP contribution in [0.3, 0.4) is 0 Å². The molecule has 2 heterocycles. The highest BCUT2D eigenvalue weighted by molar-refractivity contribution is 5.59. The third-order valence-corrected chi connectivity index (χ3v) is 5.77. The van der Waals surface area contributed by atoms with Crippen molar-refractivity contribution >= 4 is 5.69 Å². The second-order valence-electron chi connectivity index (χ2n) is 8.68. The summed E-state index contributed by atoms with van der Waals surface area (Å²) in [5.41, 5.74) is 6.81. The molecule has 0 bridgehead atoms. The van der Waals surface area contributed by atoms with Crippen molar-refractivity contribution in [3.8, 4) is 0 Å². The van der Waals surface area contributed by atoms with Crippen LogP contribution in [-0.2, 0) is 10.2 Å². The maximum Gasteiger partial charge on any atom is 0.0895 e. The fraction of sp³-hybridized carbons (Fsp3) is 0.478. The van der Waals surface area contributed by atoms with Gasteiger partial charge in [0, 0.05) is 23.8 Å². The van der Waals surface area contributed by atoms with Gasteiger partial charge in [-0.3, -0.25) is 0 Å². The van der Waals surface area contributed by atoms with Crippen molar-refractivity contribution in [2.75, 3.05) is 11.9 Å². The summed E-state index contributed by atoms with van der Waals surface area (Å²) < 4.78 is 6.31. The van der Waals surface area contributed by atoms with Gasteiger partial charge in [-0.1, -0.05) is 62.7 Å². The third-order valence-electron chi connectivity index (χ3n) is 5.77. The van der Waals surface area contributed by atoms with Crippen LogP contribution >= 0.6 is 0 Å². The highest BCUT2D eigenvalue weighted by atomic mass is 16.5. The summed E-state index contributed by atoms with van der Waals surface area (Å²) in [6, 6.07) is 16.2. The molecule has 3 unspecified atom stereocenters. The molecule has 0 aliphatic carbocycles. The number of rotatable bonds is 1. The first-order valence-electron chi connectivity index (χ1n) is 9.52. The van der Waals surface area contributed by atoms with E-state index in [2.05, 4.69) is 75.5 Å². The fourth-order valence-electron chi connectivity index (χ4n) is 4.24. The number of hydrogen-bond donors (Lipinski definition) is 1. The van der Waals surface area contributed by atoms with Gasteiger partial charge < -0.3 is 10.1 Å². The van der Waals surface area contributed by atoms with Crippen LogP contribution in [-0.4, -0.2) is 6.61 Å². The van der Waals surface area contributed by atoms with Crippen molar-refractivity contribution in [1.82, 2.24) is 0 Å². The average Bonchev–Trinajstić information content (AvgIpc) is 2.60. The standard InChI is InChI=1S/C23H29NO/c1-15-7-9-16(10-8-15)21-18-6-5-13-25-22(18)19-14-17(23(2,3)4)11-12-20(19)24-21/h7-12,14,18,21-22,24H,5-6,13H2,1-4H3. The van der Waals surface area contributed by atoms with Crippen LogP contribution < -0.4 is 5.32 Å². The number of fused-ring (bicyclic) bond motifs is 3. The van der Waals surface area contributed by atoms with E-state index in [0.29, 0.717) is 12.0 Å². The number of ether oxygens (including phenoxy) is 1. The molecule has 25 heavy (non-hydrogen) atoms. The Balaban J connectivity index is 1.76. The van der Waals surface area contributed by atoms with Crippen LogP contribution in [0.25, 0.3) is 0 Å². The van der Waals surface area contributed by atoms with E-state index in [0.717, 1.165) is 13.0 Å². The van der Waals surface area contributed by atoms with E-state index in [1.165, 1.54) is 34.4 Å². The molecular formula is C23H29NO. The predicted octanol–water partition coefficient (Wildman–Crippen LogP) is 5.93. The Morgan fingerprint density at radius 2 is 1.80 bits per heavy atom. The minimum atomic E-state index is 0.160. The Kier molecular flexibility index (Phi) is 4.11. The Bertz CT molecular complexity index is 757. The zero-order valence-corrected chi connectivity index (χ0v) is 15.8. The lowest BCUT2D eigenvalue weighted by atomic mass is 9.76. The monoisotopic (exact) mass is 335 g/mol. The van der Waals surface area contributed by atoms with Crippen molar-refractivity contribution in [3.63, 3.8) is 0 Å². The average molecular weight is 335 g/mol. The first-order valence-corrected chi connectivity index (χ1v) is 9.52. The quantitative estimate of drug-likeness (QED) is 0.697. The molecule has 1 N–H and O–H groups in total. The summed E-state index contributed by atoms with van der Waals surface area (Å²) in [5, 5.41) is 3.83. The van der Waals surface area contributed by atoms with E-state index in [9.17, 15) is 0 Å². The van der Waals surface area contributed by atoms with Gasteiger partial charge in [0.2, 0.25) is 0 Å². The highest BCUT2D eigenvalue weighted by Gasteiger charge is 2.40. The number of hydrogen-bond acceptors (Lipinski definition) is 2. The van der Waals surface area contributed by atoms with E-state index in [1.807, 2.05) is 0 Å². The van der Waals surface area contributed by atoms with Crippen molar-refractivity contribution < 1.29 is 4.74 Å². The molecule has 4 rings (SSSR count). The van der Waals surface area contributed by atoms with Gasteiger partial charge in [0.15, 0.2) is 0 Å². The van der Waals surface area contributed by atoms with Crippen LogP contribution in [0.4, 0.5) is 5.69 Å². The topological polar surface area (TPSA) is 21.3 Å². The lowest BCUT2D eigenvalue weighted by molar-refractivity contribution is -0.0382. The summed E-state index contributed by atoms with van der Waals surface area (Å²) in [4.78, 5) is 0. The summed E-state index contributed by atoms with van der Waals surface area (Å²) in [5.74, 6) is 0.499. The smallest absolute Gasteiger partial charge is 0.0895 e. The zero-order valence-electron chi connectivity index (χ0n) is 15.8. The molecule has 3 atom stereocenters. The predicted molar refractivity (Wildman–Crippen MR) is 104 cm³/mol. The maximum absolute atomic E-state index is 6.31. The second-order valence-corrected chi connectivity index (χ2v) is 8.68. The van der Waals surface area contributed by atoms with E-state index >= 15 is 0 Å². The molecule has 0 spiro atoms. The largest absolute Gasteiger partial charge is 0.378 e.